The van der Waals surface area contributed by atoms with Crippen molar-refractivity contribution < 1.29 is 9.21 Å². The van der Waals surface area contributed by atoms with E-state index in [1.807, 2.05) is 6.92 Å². The summed E-state index contributed by atoms with van der Waals surface area (Å²) >= 11 is 0. The number of oxazole rings is 1. The lowest BCUT2D eigenvalue weighted by Gasteiger charge is -2.07. The quantitative estimate of drug-likeness (QED) is 0.595. The molecule has 7 nitrogen and oxygen atoms in total. The van der Waals surface area contributed by atoms with Crippen molar-refractivity contribution in [1.29, 1.82) is 0 Å². The van der Waals surface area contributed by atoms with Gasteiger partial charge in [-0.15, -0.1) is 0 Å². The van der Waals surface area contributed by atoms with Crippen molar-refractivity contribution in [3.05, 3.63) is 76.3 Å². The Balaban J connectivity index is 1.56. The third kappa shape index (κ3) is 2.79. The van der Waals surface area contributed by atoms with Gasteiger partial charge in [-0.05, 0) is 49.4 Å². The summed E-state index contributed by atoms with van der Waals surface area (Å²) in [5.74, 6) is 0.337. The largest absolute Gasteiger partial charge is 0.441 e. The highest BCUT2D eigenvalue weighted by molar-refractivity contribution is 6.05. The van der Waals surface area contributed by atoms with Gasteiger partial charge in [-0.1, -0.05) is 0 Å². The first kappa shape index (κ1) is 15.9. The van der Waals surface area contributed by atoms with Crippen LogP contribution in [0.2, 0.25) is 0 Å². The number of aromatic amines is 1. The predicted octanol–water partition coefficient (Wildman–Crippen LogP) is 3.18. The Bertz CT molecular complexity index is 1170. The van der Waals surface area contributed by atoms with Crippen molar-refractivity contribution in [3.63, 3.8) is 0 Å². The molecule has 0 aliphatic rings. The van der Waals surface area contributed by atoms with E-state index in [2.05, 4.69) is 15.3 Å². The highest BCUT2D eigenvalue weighted by atomic mass is 16.3. The van der Waals surface area contributed by atoms with Crippen LogP contribution in [-0.2, 0) is 0 Å². The molecule has 0 bridgehead atoms. The third-order valence-electron chi connectivity index (χ3n) is 4.10. The summed E-state index contributed by atoms with van der Waals surface area (Å²) in [7, 11) is 0. The predicted molar refractivity (Wildman–Crippen MR) is 97.8 cm³/mol. The molecule has 4 aromatic rings. The maximum absolute atomic E-state index is 12.5. The third-order valence-corrected chi connectivity index (χ3v) is 4.10. The number of anilines is 1. The summed E-state index contributed by atoms with van der Waals surface area (Å²) < 4.78 is 6.97. The molecule has 4 rings (SSSR count). The van der Waals surface area contributed by atoms with Crippen LogP contribution >= 0.6 is 0 Å². The van der Waals surface area contributed by atoms with Crippen molar-refractivity contribution in [1.82, 2.24) is 14.5 Å². The van der Waals surface area contributed by atoms with Gasteiger partial charge >= 0.3 is 5.69 Å². The molecule has 0 aliphatic heterocycles. The Morgan fingerprint density at radius 1 is 1.15 bits per heavy atom. The first-order valence-electron chi connectivity index (χ1n) is 8.07. The molecule has 2 heterocycles. The van der Waals surface area contributed by atoms with Crippen LogP contribution in [0.3, 0.4) is 0 Å². The summed E-state index contributed by atoms with van der Waals surface area (Å²) in [5, 5.41) is 2.84. The number of imidazole rings is 1. The van der Waals surface area contributed by atoms with Gasteiger partial charge in [-0.3, -0.25) is 9.36 Å². The molecule has 0 saturated carbocycles. The van der Waals surface area contributed by atoms with Gasteiger partial charge < -0.3 is 14.7 Å². The molecule has 0 saturated heterocycles. The van der Waals surface area contributed by atoms with Crippen LogP contribution in [0, 0.1) is 13.8 Å². The maximum Gasteiger partial charge on any atom is 0.330 e. The molecule has 2 aromatic carbocycles. The van der Waals surface area contributed by atoms with Gasteiger partial charge in [0.15, 0.2) is 11.5 Å². The van der Waals surface area contributed by atoms with Crippen LogP contribution < -0.4 is 11.0 Å². The van der Waals surface area contributed by atoms with Gasteiger partial charge in [0.05, 0.1) is 5.69 Å². The molecule has 0 aliphatic carbocycles. The fraction of sp³-hybridized carbons (Fsp3) is 0.105. The van der Waals surface area contributed by atoms with E-state index in [1.54, 1.807) is 60.2 Å². The molecule has 0 fully saturated rings. The standard InChI is InChI=1S/C19H16N4O3/c1-11-10-20-19(25)23(11)15-6-3-13(4-7-15)18(24)22-14-5-8-17-16(9-14)21-12(2)26-17/h3-10H,1-2H3,(H,20,25)(H,22,24). The number of carbonyl (C=O) groups excluding carboxylic acids is 1. The number of benzene rings is 2. The van der Waals surface area contributed by atoms with E-state index in [1.165, 1.54) is 0 Å². The van der Waals surface area contributed by atoms with E-state index in [-0.39, 0.29) is 11.6 Å². The van der Waals surface area contributed by atoms with Gasteiger partial charge in [0, 0.05) is 30.1 Å². The van der Waals surface area contributed by atoms with E-state index >= 15 is 0 Å². The lowest BCUT2D eigenvalue weighted by atomic mass is 10.2. The second kappa shape index (κ2) is 6.03. The second-order valence-electron chi connectivity index (χ2n) is 5.99. The minimum Gasteiger partial charge on any atom is -0.441 e. The van der Waals surface area contributed by atoms with Crippen LogP contribution in [0.1, 0.15) is 21.9 Å². The average molecular weight is 348 g/mol. The lowest BCUT2D eigenvalue weighted by molar-refractivity contribution is 0.102. The monoisotopic (exact) mass is 348 g/mol. The summed E-state index contributed by atoms with van der Waals surface area (Å²) in [6.07, 6.45) is 1.64. The number of rotatable bonds is 3. The number of aromatic nitrogens is 3. The molecule has 0 radical (unpaired) electrons. The van der Waals surface area contributed by atoms with Crippen molar-refractivity contribution in [2.75, 3.05) is 5.32 Å². The van der Waals surface area contributed by atoms with Gasteiger partial charge in [0.2, 0.25) is 0 Å². The fourth-order valence-electron chi connectivity index (χ4n) is 2.86. The zero-order valence-electron chi connectivity index (χ0n) is 14.2. The maximum atomic E-state index is 12.5. The highest BCUT2D eigenvalue weighted by Gasteiger charge is 2.10. The molecular weight excluding hydrogens is 332 g/mol. The SMILES string of the molecule is Cc1nc2cc(NC(=O)c3ccc(-n4c(C)c[nH]c4=O)cc3)ccc2o1. The van der Waals surface area contributed by atoms with Gasteiger partial charge in [-0.2, -0.15) is 0 Å². The van der Waals surface area contributed by atoms with Crippen LogP contribution in [0.5, 0.6) is 0 Å². The first-order valence-corrected chi connectivity index (χ1v) is 8.07. The minimum atomic E-state index is -0.241. The van der Waals surface area contributed by atoms with Crippen LogP contribution in [-0.4, -0.2) is 20.4 Å². The van der Waals surface area contributed by atoms with E-state index in [0.717, 1.165) is 5.69 Å². The molecule has 2 aromatic heterocycles. The summed E-state index contributed by atoms with van der Waals surface area (Å²) in [4.78, 5) is 31.2. The number of fused-ring (bicyclic) bond motifs is 1. The number of carbonyl (C=O) groups is 1. The average Bonchev–Trinajstić information content (AvgIpc) is 3.15. The molecule has 26 heavy (non-hydrogen) atoms. The Morgan fingerprint density at radius 2 is 1.92 bits per heavy atom. The van der Waals surface area contributed by atoms with Crippen molar-refractivity contribution >= 4 is 22.7 Å². The normalized spacial score (nSPS) is 11.0. The van der Waals surface area contributed by atoms with E-state index < -0.39 is 0 Å². The van der Waals surface area contributed by atoms with E-state index in [0.29, 0.717) is 33.9 Å². The first-order chi connectivity index (χ1) is 12.5. The van der Waals surface area contributed by atoms with Crippen LogP contribution in [0.4, 0.5) is 5.69 Å². The second-order valence-corrected chi connectivity index (χ2v) is 5.99. The lowest BCUT2D eigenvalue weighted by Crippen LogP contribution is -2.16. The van der Waals surface area contributed by atoms with Crippen LogP contribution in [0.15, 0.2) is 57.9 Å². The molecule has 0 atom stereocenters. The molecule has 130 valence electrons. The number of aryl methyl sites for hydroxylation is 2. The smallest absolute Gasteiger partial charge is 0.330 e. The Hall–Kier alpha value is -3.61. The molecule has 7 heteroatoms. The van der Waals surface area contributed by atoms with Crippen molar-refractivity contribution in [3.8, 4) is 5.69 Å². The number of amides is 1. The molecule has 1 amide bonds. The van der Waals surface area contributed by atoms with E-state index in [9.17, 15) is 9.59 Å². The molecule has 0 unspecified atom stereocenters. The minimum absolute atomic E-state index is 0.212. The number of nitrogens with zero attached hydrogens (tertiary/aromatic N) is 2. The highest BCUT2D eigenvalue weighted by Crippen LogP contribution is 2.20. The zero-order chi connectivity index (χ0) is 18.3. The fourth-order valence-corrected chi connectivity index (χ4v) is 2.86. The number of nitrogens with one attached hydrogen (secondary N) is 2. The van der Waals surface area contributed by atoms with Gasteiger partial charge in [0.25, 0.3) is 5.91 Å². The number of hydrogen-bond donors (Lipinski definition) is 2. The summed E-state index contributed by atoms with van der Waals surface area (Å²) in [5.41, 5.74) is 3.78. The molecule has 0 spiro atoms. The Kier molecular flexibility index (Phi) is 3.69. The van der Waals surface area contributed by atoms with Crippen molar-refractivity contribution in [2.45, 2.75) is 13.8 Å². The zero-order valence-corrected chi connectivity index (χ0v) is 14.2. The Morgan fingerprint density at radius 3 is 2.62 bits per heavy atom. The number of H-pyrrole nitrogens is 1. The summed E-state index contributed by atoms with van der Waals surface area (Å²) in [6.45, 7) is 3.61. The van der Waals surface area contributed by atoms with Crippen molar-refractivity contribution in [2.24, 2.45) is 0 Å². The Labute approximate surface area is 148 Å². The van der Waals surface area contributed by atoms with Gasteiger partial charge in [0.1, 0.15) is 5.52 Å². The summed E-state index contributed by atoms with van der Waals surface area (Å²) in [6, 6.07) is 12.1. The number of hydrogen-bond acceptors (Lipinski definition) is 4. The molecular formula is C19H16N4O3. The topological polar surface area (TPSA) is 92.9 Å². The van der Waals surface area contributed by atoms with E-state index in [4.69, 9.17) is 4.42 Å². The van der Waals surface area contributed by atoms with Crippen LogP contribution in [0.25, 0.3) is 16.8 Å². The molecule has 2 N–H and O–H groups in total. The van der Waals surface area contributed by atoms with Gasteiger partial charge in [-0.25, -0.2) is 9.78 Å².